The standard InChI is InChI=1S/C22H23FN4O/c1-15(28)21-19(16-3-5-18(23)6-4-16)20(17-7-9-24-10-8-17)22(26(21)2)27-13-11-25-12-14-27/h3-10,25H,11-14H2,1-2H3. The highest BCUT2D eigenvalue weighted by Gasteiger charge is 2.29. The van der Waals surface area contributed by atoms with Crippen LogP contribution in [0.5, 0.6) is 0 Å². The summed E-state index contributed by atoms with van der Waals surface area (Å²) in [5.41, 5.74) is 4.28. The van der Waals surface area contributed by atoms with Gasteiger partial charge in [-0.05, 0) is 35.4 Å². The fourth-order valence-corrected chi connectivity index (χ4v) is 4.02. The van der Waals surface area contributed by atoms with Gasteiger partial charge in [-0.25, -0.2) is 4.39 Å². The molecule has 1 aromatic carbocycles. The topological polar surface area (TPSA) is 50.2 Å². The molecule has 0 radical (unpaired) electrons. The second kappa shape index (κ2) is 7.56. The molecule has 0 bridgehead atoms. The molecule has 1 aliphatic rings. The molecule has 0 aliphatic carbocycles. The van der Waals surface area contributed by atoms with Crippen LogP contribution < -0.4 is 10.2 Å². The minimum Gasteiger partial charge on any atom is -0.355 e. The lowest BCUT2D eigenvalue weighted by Gasteiger charge is -2.31. The molecule has 144 valence electrons. The van der Waals surface area contributed by atoms with Crippen molar-refractivity contribution < 1.29 is 9.18 Å². The summed E-state index contributed by atoms with van der Waals surface area (Å²) >= 11 is 0. The van der Waals surface area contributed by atoms with Crippen LogP contribution in [0.25, 0.3) is 22.3 Å². The quantitative estimate of drug-likeness (QED) is 0.706. The molecule has 0 amide bonds. The number of hydrogen-bond donors (Lipinski definition) is 1. The first kappa shape index (κ1) is 18.4. The average Bonchev–Trinajstić information content (AvgIpc) is 3.03. The first-order valence-corrected chi connectivity index (χ1v) is 9.43. The van der Waals surface area contributed by atoms with Crippen LogP contribution >= 0.6 is 0 Å². The fourth-order valence-electron chi connectivity index (χ4n) is 4.02. The Morgan fingerprint density at radius 1 is 1.00 bits per heavy atom. The van der Waals surface area contributed by atoms with E-state index in [1.54, 1.807) is 31.5 Å². The van der Waals surface area contributed by atoms with Gasteiger partial charge in [-0.1, -0.05) is 12.1 Å². The molecule has 3 aromatic rings. The molecular formula is C22H23FN4O. The predicted molar refractivity (Wildman–Crippen MR) is 109 cm³/mol. The van der Waals surface area contributed by atoms with Gasteiger partial charge in [0.15, 0.2) is 5.78 Å². The third-order valence-electron chi connectivity index (χ3n) is 5.22. The van der Waals surface area contributed by atoms with Crippen LogP contribution in [0, 0.1) is 5.82 Å². The Morgan fingerprint density at radius 2 is 1.61 bits per heavy atom. The van der Waals surface area contributed by atoms with Crippen LogP contribution in [0.2, 0.25) is 0 Å². The number of pyridine rings is 1. The smallest absolute Gasteiger partial charge is 0.176 e. The molecule has 5 nitrogen and oxygen atoms in total. The van der Waals surface area contributed by atoms with E-state index in [9.17, 15) is 9.18 Å². The largest absolute Gasteiger partial charge is 0.355 e. The Labute approximate surface area is 163 Å². The highest BCUT2D eigenvalue weighted by Crippen LogP contribution is 2.44. The van der Waals surface area contributed by atoms with Crippen molar-refractivity contribution in [3.63, 3.8) is 0 Å². The number of piperazine rings is 1. The summed E-state index contributed by atoms with van der Waals surface area (Å²) < 4.78 is 15.6. The summed E-state index contributed by atoms with van der Waals surface area (Å²) in [6.07, 6.45) is 3.51. The van der Waals surface area contributed by atoms with Gasteiger partial charge < -0.3 is 14.8 Å². The van der Waals surface area contributed by atoms with Gasteiger partial charge in [0.25, 0.3) is 0 Å². The number of carbonyl (C=O) groups is 1. The molecule has 6 heteroatoms. The van der Waals surface area contributed by atoms with Gasteiger partial charge >= 0.3 is 0 Å². The summed E-state index contributed by atoms with van der Waals surface area (Å²) in [6, 6.07) is 10.3. The van der Waals surface area contributed by atoms with Gasteiger partial charge in [-0.3, -0.25) is 9.78 Å². The number of nitrogens with zero attached hydrogens (tertiary/aromatic N) is 3. The van der Waals surface area contributed by atoms with Crippen molar-refractivity contribution in [2.45, 2.75) is 6.92 Å². The molecule has 4 rings (SSSR count). The first-order valence-electron chi connectivity index (χ1n) is 9.43. The van der Waals surface area contributed by atoms with Crippen LogP contribution in [0.15, 0.2) is 48.8 Å². The van der Waals surface area contributed by atoms with E-state index in [2.05, 4.69) is 15.2 Å². The van der Waals surface area contributed by atoms with E-state index in [0.29, 0.717) is 5.69 Å². The minimum atomic E-state index is -0.295. The number of ketones is 1. The van der Waals surface area contributed by atoms with Crippen LogP contribution in [-0.4, -0.2) is 41.5 Å². The zero-order valence-electron chi connectivity index (χ0n) is 16.1. The summed E-state index contributed by atoms with van der Waals surface area (Å²) in [4.78, 5) is 19.1. The molecule has 1 saturated heterocycles. The van der Waals surface area contributed by atoms with Crippen LogP contribution in [0.1, 0.15) is 17.4 Å². The molecule has 2 aromatic heterocycles. The van der Waals surface area contributed by atoms with Gasteiger partial charge in [0.1, 0.15) is 11.6 Å². The lowest BCUT2D eigenvalue weighted by Crippen LogP contribution is -2.44. The number of benzene rings is 1. The summed E-state index contributed by atoms with van der Waals surface area (Å²) in [7, 11) is 1.94. The molecule has 28 heavy (non-hydrogen) atoms. The van der Waals surface area contributed by atoms with Gasteiger partial charge in [0, 0.05) is 63.7 Å². The van der Waals surface area contributed by atoms with Crippen molar-refractivity contribution in [3.05, 3.63) is 60.3 Å². The van der Waals surface area contributed by atoms with Crippen molar-refractivity contribution in [3.8, 4) is 22.3 Å². The van der Waals surface area contributed by atoms with Crippen molar-refractivity contribution >= 4 is 11.6 Å². The predicted octanol–water partition coefficient (Wildman–Crippen LogP) is 3.51. The highest BCUT2D eigenvalue weighted by atomic mass is 19.1. The minimum absolute atomic E-state index is 0.0153. The monoisotopic (exact) mass is 378 g/mol. The summed E-state index contributed by atoms with van der Waals surface area (Å²) in [5, 5.41) is 3.38. The zero-order chi connectivity index (χ0) is 19.7. The number of aromatic nitrogens is 2. The molecule has 3 heterocycles. The molecule has 0 unspecified atom stereocenters. The first-order chi connectivity index (χ1) is 13.6. The van der Waals surface area contributed by atoms with Gasteiger partial charge in [0.05, 0.1) is 5.69 Å². The second-order valence-corrected chi connectivity index (χ2v) is 7.02. The number of halogens is 1. The Hall–Kier alpha value is -2.99. The Morgan fingerprint density at radius 3 is 2.21 bits per heavy atom. The highest BCUT2D eigenvalue weighted by molar-refractivity contribution is 6.07. The summed E-state index contributed by atoms with van der Waals surface area (Å²) in [5.74, 6) is 0.701. The van der Waals surface area contributed by atoms with E-state index in [0.717, 1.165) is 54.3 Å². The number of nitrogens with one attached hydrogen (secondary N) is 1. The van der Waals surface area contributed by atoms with Crippen molar-refractivity contribution in [2.24, 2.45) is 7.05 Å². The molecule has 1 aliphatic heterocycles. The van der Waals surface area contributed by atoms with Crippen molar-refractivity contribution in [1.29, 1.82) is 0 Å². The summed E-state index contributed by atoms with van der Waals surface area (Å²) in [6.45, 7) is 5.08. The van der Waals surface area contributed by atoms with Crippen LogP contribution in [-0.2, 0) is 7.05 Å². The molecule has 1 fully saturated rings. The Balaban J connectivity index is 2.05. The Kier molecular flexibility index (Phi) is 4.96. The van der Waals surface area contributed by atoms with E-state index >= 15 is 0 Å². The van der Waals surface area contributed by atoms with E-state index in [4.69, 9.17) is 0 Å². The van der Waals surface area contributed by atoms with Crippen molar-refractivity contribution in [2.75, 3.05) is 31.1 Å². The lowest BCUT2D eigenvalue weighted by molar-refractivity contribution is 0.101. The number of anilines is 1. The van der Waals surface area contributed by atoms with E-state index in [-0.39, 0.29) is 11.6 Å². The SMILES string of the molecule is CC(=O)c1c(-c2ccc(F)cc2)c(-c2ccncc2)c(N2CCNCC2)n1C. The van der Waals surface area contributed by atoms with Gasteiger partial charge in [-0.2, -0.15) is 0 Å². The Bertz CT molecular complexity index is 990. The third-order valence-corrected chi connectivity index (χ3v) is 5.22. The van der Waals surface area contributed by atoms with Crippen LogP contribution in [0.3, 0.4) is 0 Å². The second-order valence-electron chi connectivity index (χ2n) is 7.02. The van der Waals surface area contributed by atoms with E-state index in [1.807, 2.05) is 23.7 Å². The molecule has 0 spiro atoms. The van der Waals surface area contributed by atoms with Gasteiger partial charge in [0.2, 0.25) is 0 Å². The van der Waals surface area contributed by atoms with E-state index < -0.39 is 0 Å². The normalized spacial score (nSPS) is 14.3. The fraction of sp³-hybridized carbons (Fsp3) is 0.273. The van der Waals surface area contributed by atoms with Gasteiger partial charge in [-0.15, -0.1) is 0 Å². The maximum absolute atomic E-state index is 13.6. The zero-order valence-corrected chi connectivity index (χ0v) is 16.1. The molecule has 0 saturated carbocycles. The average molecular weight is 378 g/mol. The number of Topliss-reactive ketones (excluding diaryl/α,β-unsaturated/α-hetero) is 1. The van der Waals surface area contributed by atoms with Crippen molar-refractivity contribution in [1.82, 2.24) is 14.9 Å². The number of hydrogen-bond acceptors (Lipinski definition) is 4. The maximum Gasteiger partial charge on any atom is 0.176 e. The lowest BCUT2D eigenvalue weighted by atomic mass is 9.95. The molecule has 0 atom stereocenters. The third kappa shape index (κ3) is 3.20. The number of carbonyl (C=O) groups excluding carboxylic acids is 1. The van der Waals surface area contributed by atoms with E-state index in [1.165, 1.54) is 12.1 Å². The number of rotatable bonds is 4. The van der Waals surface area contributed by atoms with Crippen LogP contribution in [0.4, 0.5) is 10.2 Å². The molecule has 1 N–H and O–H groups in total. The maximum atomic E-state index is 13.6. The molecular weight excluding hydrogens is 355 g/mol.